The molecule has 0 spiro atoms. The lowest BCUT2D eigenvalue weighted by Gasteiger charge is -2.08. The topological polar surface area (TPSA) is 83.5 Å². The Labute approximate surface area is 129 Å². The summed E-state index contributed by atoms with van der Waals surface area (Å²) in [7, 11) is -4.50. The van der Waals surface area contributed by atoms with Gasteiger partial charge in [-0.1, -0.05) is 6.07 Å². The fourth-order valence-electron chi connectivity index (χ4n) is 1.46. The van der Waals surface area contributed by atoms with Gasteiger partial charge in [-0.25, -0.2) is 13.2 Å². The molecule has 0 N–H and O–H groups in total. The second-order valence-electron chi connectivity index (χ2n) is 3.83. The number of carbonyl (C=O) groups excluding carboxylic acids is 1. The number of carbonyl (C=O) groups is 1. The van der Waals surface area contributed by atoms with Crippen molar-refractivity contribution in [1.82, 2.24) is 0 Å². The van der Waals surface area contributed by atoms with Gasteiger partial charge in [0.1, 0.15) is 15.9 Å². The molecule has 0 aliphatic heterocycles. The molecule has 0 aromatic heterocycles. The minimum atomic E-state index is -4.50. The average Bonchev–Trinajstić information content (AvgIpc) is 2.38. The maximum atomic E-state index is 11.8. The number of ether oxygens (including phenoxy) is 1. The molecule has 0 unspecified atom stereocenters. The van der Waals surface area contributed by atoms with Gasteiger partial charge in [0.25, 0.3) is 0 Å². The Hall–Kier alpha value is -1.45. The van der Waals surface area contributed by atoms with Gasteiger partial charge >= 0.3 is 5.97 Å². The van der Waals surface area contributed by atoms with Crippen LogP contribution in [0.25, 0.3) is 0 Å². The van der Waals surface area contributed by atoms with E-state index in [0.717, 1.165) is 15.7 Å². The van der Waals surface area contributed by atoms with Gasteiger partial charge < -0.3 is 9.29 Å². The lowest BCUT2D eigenvalue weighted by molar-refractivity contribution is 0.0734. The number of hydrogen-bond donors (Lipinski definition) is 0. The highest BCUT2D eigenvalue weighted by Gasteiger charge is 2.09. The van der Waals surface area contributed by atoms with E-state index >= 15 is 0 Å². The summed E-state index contributed by atoms with van der Waals surface area (Å²) in [4.78, 5) is 11.5. The van der Waals surface area contributed by atoms with Crippen LogP contribution >= 0.6 is 22.6 Å². The lowest BCUT2D eigenvalue weighted by atomic mass is 10.2. The first-order valence-electron chi connectivity index (χ1n) is 5.40. The highest BCUT2D eigenvalue weighted by molar-refractivity contribution is 14.1. The molecule has 0 heterocycles. The van der Waals surface area contributed by atoms with E-state index in [1.54, 1.807) is 18.2 Å². The number of rotatable bonds is 3. The van der Waals surface area contributed by atoms with Crippen LogP contribution in [-0.4, -0.2) is 18.9 Å². The van der Waals surface area contributed by atoms with Gasteiger partial charge in [-0.2, -0.15) is 0 Å². The van der Waals surface area contributed by atoms with Gasteiger partial charge in [-0.05, 0) is 65.1 Å². The molecule has 0 fully saturated rings. The van der Waals surface area contributed by atoms with Crippen LogP contribution in [0.5, 0.6) is 5.75 Å². The van der Waals surface area contributed by atoms with Crippen molar-refractivity contribution in [3.8, 4) is 5.75 Å². The fourth-order valence-corrected chi connectivity index (χ4v) is 2.47. The molecule has 0 atom stereocenters. The normalized spacial score (nSPS) is 11.1. The zero-order valence-corrected chi connectivity index (χ0v) is 12.9. The monoisotopic (exact) mass is 403 g/mol. The summed E-state index contributed by atoms with van der Waals surface area (Å²) >= 11 is 2.07. The molecular weight excluding hydrogens is 395 g/mol. The van der Waals surface area contributed by atoms with Crippen LogP contribution < -0.4 is 4.74 Å². The standard InChI is InChI=1S/C13H9IO5S/c14-10-3-1-2-9(8-10)13(15)19-11-4-6-12(7-5-11)20(16,17)18/h1-8H,(H,16,17,18)/p-1. The summed E-state index contributed by atoms with van der Waals surface area (Å²) in [5.74, 6) is -0.387. The molecule has 5 nitrogen and oxygen atoms in total. The van der Waals surface area contributed by atoms with E-state index < -0.39 is 16.1 Å². The minimum absolute atomic E-state index is 0.168. The van der Waals surface area contributed by atoms with Crippen LogP contribution in [0.15, 0.2) is 53.4 Å². The summed E-state index contributed by atoms with van der Waals surface area (Å²) in [6, 6.07) is 11.6. The fraction of sp³-hybridized carbons (Fsp3) is 0. The van der Waals surface area contributed by atoms with Crippen molar-refractivity contribution in [3.63, 3.8) is 0 Å². The number of halogens is 1. The zero-order valence-electron chi connectivity index (χ0n) is 9.95. The van der Waals surface area contributed by atoms with Gasteiger partial charge in [-0.15, -0.1) is 0 Å². The highest BCUT2D eigenvalue weighted by atomic mass is 127. The molecule has 0 aliphatic carbocycles. The Bertz CT molecular complexity index is 738. The molecule has 104 valence electrons. The Morgan fingerprint density at radius 3 is 2.30 bits per heavy atom. The Morgan fingerprint density at radius 1 is 1.10 bits per heavy atom. The molecule has 0 saturated heterocycles. The summed E-state index contributed by atoms with van der Waals surface area (Å²) in [5, 5.41) is 0. The van der Waals surface area contributed by atoms with Crippen LogP contribution in [0.4, 0.5) is 0 Å². The first-order valence-corrected chi connectivity index (χ1v) is 7.89. The van der Waals surface area contributed by atoms with Crippen LogP contribution in [0.3, 0.4) is 0 Å². The maximum Gasteiger partial charge on any atom is 0.343 e. The third kappa shape index (κ3) is 3.78. The minimum Gasteiger partial charge on any atom is -0.744 e. The Balaban J connectivity index is 2.16. The van der Waals surface area contributed by atoms with Crippen LogP contribution in [-0.2, 0) is 10.1 Å². The molecular formula is C13H8IO5S-. The third-order valence-corrected chi connectivity index (χ3v) is 3.90. The average molecular weight is 403 g/mol. The van der Waals surface area contributed by atoms with E-state index in [1.807, 2.05) is 6.07 Å². The second kappa shape index (κ2) is 5.90. The molecule has 2 aromatic rings. The van der Waals surface area contributed by atoms with Crippen LogP contribution in [0.2, 0.25) is 0 Å². The van der Waals surface area contributed by atoms with Crippen molar-refractivity contribution in [3.05, 3.63) is 57.7 Å². The van der Waals surface area contributed by atoms with E-state index in [9.17, 15) is 17.8 Å². The molecule has 20 heavy (non-hydrogen) atoms. The van der Waals surface area contributed by atoms with E-state index in [4.69, 9.17) is 4.74 Å². The van der Waals surface area contributed by atoms with Gasteiger partial charge in [-0.3, -0.25) is 0 Å². The van der Waals surface area contributed by atoms with E-state index in [1.165, 1.54) is 12.1 Å². The number of benzene rings is 2. The SMILES string of the molecule is O=C(Oc1ccc(S(=O)(=O)[O-])cc1)c1cccc(I)c1. The van der Waals surface area contributed by atoms with Crippen molar-refractivity contribution in [2.24, 2.45) is 0 Å². The molecule has 0 aliphatic rings. The molecule has 2 aromatic carbocycles. The largest absolute Gasteiger partial charge is 0.744 e. The predicted molar refractivity (Wildman–Crippen MR) is 78.5 cm³/mol. The lowest BCUT2D eigenvalue weighted by Crippen LogP contribution is -2.08. The Morgan fingerprint density at radius 2 is 1.75 bits per heavy atom. The van der Waals surface area contributed by atoms with Gasteiger partial charge in [0.05, 0.1) is 10.5 Å². The van der Waals surface area contributed by atoms with Crippen molar-refractivity contribution in [2.75, 3.05) is 0 Å². The predicted octanol–water partition coefficient (Wildman–Crippen LogP) is 2.41. The molecule has 0 amide bonds. The molecule has 2 rings (SSSR count). The summed E-state index contributed by atoms with van der Waals surface area (Å²) in [6.45, 7) is 0. The summed E-state index contributed by atoms with van der Waals surface area (Å²) in [6.07, 6.45) is 0. The third-order valence-electron chi connectivity index (χ3n) is 2.38. The van der Waals surface area contributed by atoms with Crippen LogP contribution in [0.1, 0.15) is 10.4 Å². The summed E-state index contributed by atoms with van der Waals surface area (Å²) < 4.78 is 38.3. The molecule has 7 heteroatoms. The van der Waals surface area contributed by atoms with E-state index in [2.05, 4.69) is 22.6 Å². The number of esters is 1. The molecule has 0 saturated carbocycles. The van der Waals surface area contributed by atoms with Crippen LogP contribution in [0, 0.1) is 3.57 Å². The quantitative estimate of drug-likeness (QED) is 0.340. The van der Waals surface area contributed by atoms with E-state index in [-0.39, 0.29) is 10.6 Å². The first-order chi connectivity index (χ1) is 9.36. The second-order valence-corrected chi connectivity index (χ2v) is 6.45. The van der Waals surface area contributed by atoms with Crippen molar-refractivity contribution in [1.29, 1.82) is 0 Å². The first kappa shape index (κ1) is 14.9. The smallest absolute Gasteiger partial charge is 0.343 e. The van der Waals surface area contributed by atoms with Gasteiger partial charge in [0, 0.05) is 3.57 Å². The Kier molecular flexibility index (Phi) is 4.41. The maximum absolute atomic E-state index is 11.8. The van der Waals surface area contributed by atoms with Crippen molar-refractivity contribution >= 4 is 38.7 Å². The van der Waals surface area contributed by atoms with Crippen molar-refractivity contribution in [2.45, 2.75) is 4.90 Å². The highest BCUT2D eigenvalue weighted by Crippen LogP contribution is 2.17. The molecule has 0 bridgehead atoms. The van der Waals surface area contributed by atoms with Crippen molar-refractivity contribution < 1.29 is 22.5 Å². The molecule has 0 radical (unpaired) electrons. The summed E-state index contributed by atoms with van der Waals surface area (Å²) in [5.41, 5.74) is 0.387. The zero-order chi connectivity index (χ0) is 14.8. The number of hydrogen-bond acceptors (Lipinski definition) is 5. The van der Waals surface area contributed by atoms with Gasteiger partial charge in [0.2, 0.25) is 0 Å². The van der Waals surface area contributed by atoms with Gasteiger partial charge in [0.15, 0.2) is 0 Å². The van der Waals surface area contributed by atoms with E-state index in [0.29, 0.717) is 5.56 Å².